The molecule has 0 aromatic heterocycles. The predicted molar refractivity (Wildman–Crippen MR) is 125 cm³/mol. The first kappa shape index (κ1) is 26.3. The van der Waals surface area contributed by atoms with Crippen LogP contribution in [0.25, 0.3) is 0 Å². The molecule has 0 saturated heterocycles. The Labute approximate surface area is 197 Å². The van der Waals surface area contributed by atoms with Crippen LogP contribution in [0.15, 0.2) is 53.4 Å². The van der Waals surface area contributed by atoms with Crippen molar-refractivity contribution in [1.29, 1.82) is 0 Å². The molecule has 0 spiro atoms. The topological polar surface area (TPSA) is 131 Å². The van der Waals surface area contributed by atoms with Crippen LogP contribution in [0.1, 0.15) is 27.7 Å². The van der Waals surface area contributed by atoms with Crippen LogP contribution >= 0.6 is 11.6 Å². The molecule has 0 aliphatic carbocycles. The summed E-state index contributed by atoms with van der Waals surface area (Å²) in [5.41, 5.74) is 0.991. The first-order valence-corrected chi connectivity index (χ1v) is 11.9. The fourth-order valence-electron chi connectivity index (χ4n) is 2.71. The van der Waals surface area contributed by atoms with Crippen LogP contribution < -0.4 is 15.4 Å². The maximum atomic E-state index is 12.7. The minimum Gasteiger partial charge on any atom is -0.451 e. The summed E-state index contributed by atoms with van der Waals surface area (Å²) in [5, 5.41) is 5.43. The molecule has 9 nitrogen and oxygen atoms in total. The number of esters is 1. The number of carbonyl (C=O) groups excluding carboxylic acids is 3. The van der Waals surface area contributed by atoms with Crippen molar-refractivity contribution in [2.24, 2.45) is 5.92 Å². The number of nitrogens with one attached hydrogen (secondary N) is 3. The van der Waals surface area contributed by atoms with E-state index in [0.717, 1.165) is 0 Å². The Morgan fingerprint density at radius 2 is 1.52 bits per heavy atom. The van der Waals surface area contributed by atoms with Gasteiger partial charge in [-0.2, -0.15) is 4.72 Å². The molecule has 0 heterocycles. The van der Waals surface area contributed by atoms with E-state index < -0.39 is 40.0 Å². The molecule has 0 unspecified atom stereocenters. The second-order valence-corrected chi connectivity index (χ2v) is 9.78. The van der Waals surface area contributed by atoms with E-state index in [2.05, 4.69) is 15.4 Å². The molecule has 2 aromatic carbocycles. The second-order valence-electron chi connectivity index (χ2n) is 7.63. The highest BCUT2D eigenvalue weighted by Crippen LogP contribution is 2.18. The van der Waals surface area contributed by atoms with Crippen molar-refractivity contribution in [3.63, 3.8) is 0 Å². The molecular formula is C22H26ClN3O6S. The molecule has 0 bridgehead atoms. The fraction of sp³-hybridized carbons (Fsp3) is 0.318. The normalized spacial score (nSPS) is 13.2. The molecule has 0 aliphatic heterocycles. The van der Waals surface area contributed by atoms with Gasteiger partial charge in [-0.05, 0) is 55.3 Å². The molecule has 0 fully saturated rings. The SMILES string of the molecule is CC(=O)Nc1ccc(NC(=O)[C@@H](C)OC(=O)[C@H](NS(=O)(=O)c2cccc(Cl)c2)C(C)C)cc1. The van der Waals surface area contributed by atoms with Gasteiger partial charge in [0.05, 0.1) is 4.90 Å². The minimum atomic E-state index is -4.06. The molecule has 2 amide bonds. The summed E-state index contributed by atoms with van der Waals surface area (Å²) in [4.78, 5) is 36.1. The number of carbonyl (C=O) groups is 3. The summed E-state index contributed by atoms with van der Waals surface area (Å²) >= 11 is 5.87. The third-order valence-corrected chi connectivity index (χ3v) is 6.12. The lowest BCUT2D eigenvalue weighted by Crippen LogP contribution is -2.47. The molecule has 33 heavy (non-hydrogen) atoms. The van der Waals surface area contributed by atoms with E-state index in [1.165, 1.54) is 38.1 Å². The van der Waals surface area contributed by atoms with Crippen molar-refractivity contribution >= 4 is 50.8 Å². The molecule has 2 rings (SSSR count). The van der Waals surface area contributed by atoms with Gasteiger partial charge in [-0.3, -0.25) is 14.4 Å². The number of amides is 2. The zero-order chi connectivity index (χ0) is 24.8. The molecule has 11 heteroatoms. The van der Waals surface area contributed by atoms with E-state index in [9.17, 15) is 22.8 Å². The van der Waals surface area contributed by atoms with E-state index in [1.54, 1.807) is 38.1 Å². The molecule has 2 atom stereocenters. The van der Waals surface area contributed by atoms with Crippen molar-refractivity contribution in [3.05, 3.63) is 53.6 Å². The summed E-state index contributed by atoms with van der Waals surface area (Å²) in [6.45, 7) is 6.05. The van der Waals surface area contributed by atoms with E-state index in [1.807, 2.05) is 0 Å². The summed E-state index contributed by atoms with van der Waals surface area (Å²) in [6.07, 6.45) is -1.19. The molecule has 2 aromatic rings. The first-order valence-electron chi connectivity index (χ1n) is 10.1. The molecule has 0 radical (unpaired) electrons. The van der Waals surface area contributed by atoms with Gasteiger partial charge in [-0.25, -0.2) is 8.42 Å². The van der Waals surface area contributed by atoms with Crippen LogP contribution in [-0.4, -0.2) is 38.3 Å². The Balaban J connectivity index is 2.03. The number of ether oxygens (including phenoxy) is 1. The van der Waals surface area contributed by atoms with Crippen LogP contribution in [0.4, 0.5) is 11.4 Å². The van der Waals surface area contributed by atoms with E-state index >= 15 is 0 Å². The monoisotopic (exact) mass is 495 g/mol. The van der Waals surface area contributed by atoms with Gasteiger partial charge >= 0.3 is 5.97 Å². The quantitative estimate of drug-likeness (QED) is 0.458. The lowest BCUT2D eigenvalue weighted by atomic mass is 10.1. The number of anilines is 2. The Morgan fingerprint density at radius 1 is 0.939 bits per heavy atom. The summed E-state index contributed by atoms with van der Waals surface area (Å²) in [5.74, 6) is -2.17. The highest BCUT2D eigenvalue weighted by Gasteiger charge is 2.32. The van der Waals surface area contributed by atoms with Gasteiger partial charge in [0.25, 0.3) is 5.91 Å². The van der Waals surface area contributed by atoms with Crippen LogP contribution in [0, 0.1) is 5.92 Å². The standard InChI is InChI=1S/C22H26ClN3O6S/c1-13(2)20(26-33(30,31)19-7-5-6-16(23)12-19)22(29)32-14(3)21(28)25-18-10-8-17(9-11-18)24-15(4)27/h5-14,20,26H,1-4H3,(H,24,27)(H,25,28)/t14-,20-/m1/s1. The largest absolute Gasteiger partial charge is 0.451 e. The van der Waals surface area contributed by atoms with Crippen molar-refractivity contribution in [2.45, 2.75) is 44.7 Å². The van der Waals surface area contributed by atoms with Crippen molar-refractivity contribution in [3.8, 4) is 0 Å². The van der Waals surface area contributed by atoms with Gasteiger partial charge < -0.3 is 15.4 Å². The Hall–Kier alpha value is -2.95. The predicted octanol–water partition coefficient (Wildman–Crippen LogP) is 3.17. The summed E-state index contributed by atoms with van der Waals surface area (Å²) in [7, 11) is -4.06. The number of benzene rings is 2. The maximum Gasteiger partial charge on any atom is 0.325 e. The minimum absolute atomic E-state index is 0.0954. The first-order chi connectivity index (χ1) is 15.4. The molecular weight excluding hydrogens is 470 g/mol. The van der Waals surface area contributed by atoms with Gasteiger partial charge in [-0.1, -0.05) is 31.5 Å². The van der Waals surface area contributed by atoms with Gasteiger partial charge in [0.15, 0.2) is 6.10 Å². The van der Waals surface area contributed by atoms with Crippen molar-refractivity contribution < 1.29 is 27.5 Å². The van der Waals surface area contributed by atoms with Gasteiger partial charge in [0.1, 0.15) is 6.04 Å². The third kappa shape index (κ3) is 7.85. The highest BCUT2D eigenvalue weighted by atomic mass is 35.5. The fourth-order valence-corrected chi connectivity index (χ4v) is 4.34. The highest BCUT2D eigenvalue weighted by molar-refractivity contribution is 7.89. The number of sulfonamides is 1. The van der Waals surface area contributed by atoms with Crippen molar-refractivity contribution in [1.82, 2.24) is 4.72 Å². The van der Waals surface area contributed by atoms with Gasteiger partial charge in [0, 0.05) is 23.3 Å². The smallest absolute Gasteiger partial charge is 0.325 e. The zero-order valence-corrected chi connectivity index (χ0v) is 20.2. The molecule has 0 aliphatic rings. The Bertz CT molecular complexity index is 1120. The van der Waals surface area contributed by atoms with Crippen LogP contribution in [0.5, 0.6) is 0 Å². The van der Waals surface area contributed by atoms with Crippen molar-refractivity contribution in [2.75, 3.05) is 10.6 Å². The number of halogens is 1. The van der Waals surface area contributed by atoms with Crippen LogP contribution in [0.3, 0.4) is 0 Å². The Kier molecular flexibility index (Phi) is 8.98. The van der Waals surface area contributed by atoms with Gasteiger partial charge in [-0.15, -0.1) is 0 Å². The van der Waals surface area contributed by atoms with Gasteiger partial charge in [0.2, 0.25) is 15.9 Å². The van der Waals surface area contributed by atoms with Crippen LogP contribution in [-0.2, 0) is 29.1 Å². The van der Waals surface area contributed by atoms with Crippen LogP contribution in [0.2, 0.25) is 5.02 Å². The second kappa shape index (κ2) is 11.3. The zero-order valence-electron chi connectivity index (χ0n) is 18.6. The molecule has 178 valence electrons. The summed E-state index contributed by atoms with van der Waals surface area (Å²) in [6, 6.07) is 10.8. The lowest BCUT2D eigenvalue weighted by Gasteiger charge is -2.23. The molecule has 3 N–H and O–H groups in total. The Morgan fingerprint density at radius 3 is 2.03 bits per heavy atom. The maximum absolute atomic E-state index is 12.7. The number of hydrogen-bond acceptors (Lipinski definition) is 6. The van der Waals surface area contributed by atoms with E-state index in [-0.39, 0.29) is 15.8 Å². The number of rotatable bonds is 9. The average molecular weight is 496 g/mol. The molecule has 0 saturated carbocycles. The van der Waals surface area contributed by atoms with E-state index in [4.69, 9.17) is 16.3 Å². The number of hydrogen-bond donors (Lipinski definition) is 3. The van der Waals surface area contributed by atoms with E-state index in [0.29, 0.717) is 11.4 Å². The third-order valence-electron chi connectivity index (χ3n) is 4.44. The summed E-state index contributed by atoms with van der Waals surface area (Å²) < 4.78 is 32.9. The lowest BCUT2D eigenvalue weighted by molar-refractivity contribution is -0.155. The average Bonchev–Trinajstić information content (AvgIpc) is 2.72.